The molecule has 1 unspecified atom stereocenters. The van der Waals surface area contributed by atoms with E-state index in [1.165, 1.54) is 0 Å². The lowest BCUT2D eigenvalue weighted by atomic mass is 10.2. The molecule has 6 nitrogen and oxygen atoms in total. The van der Waals surface area contributed by atoms with E-state index in [1.54, 1.807) is 38.1 Å². The van der Waals surface area contributed by atoms with Crippen molar-refractivity contribution in [1.82, 2.24) is 14.9 Å². The van der Waals surface area contributed by atoms with E-state index in [9.17, 15) is 13.2 Å². The van der Waals surface area contributed by atoms with Crippen molar-refractivity contribution in [2.75, 3.05) is 12.3 Å². The Morgan fingerprint density at radius 3 is 2.75 bits per heavy atom. The second-order valence-electron chi connectivity index (χ2n) is 6.09. The number of H-pyrrole nitrogens is 1. The van der Waals surface area contributed by atoms with Crippen molar-refractivity contribution in [2.45, 2.75) is 44.4 Å². The van der Waals surface area contributed by atoms with Gasteiger partial charge in [-0.25, -0.2) is 13.4 Å². The third-order valence-corrected chi connectivity index (χ3v) is 6.15. The first kappa shape index (κ1) is 15.0. The quantitative estimate of drug-likeness (QED) is 0.911. The number of carbonyl (C=O) groups excluding carboxylic acids is 1. The van der Waals surface area contributed by atoms with Crippen molar-refractivity contribution in [3.05, 3.63) is 18.2 Å². The molecule has 1 aromatic rings. The van der Waals surface area contributed by atoms with E-state index in [0.29, 0.717) is 6.54 Å². The summed E-state index contributed by atoms with van der Waals surface area (Å²) in [5, 5.41) is 0. The van der Waals surface area contributed by atoms with Gasteiger partial charge < -0.3 is 9.88 Å². The van der Waals surface area contributed by atoms with Crippen LogP contribution in [0.25, 0.3) is 0 Å². The lowest BCUT2D eigenvalue weighted by molar-refractivity contribution is -0.129. The number of imidazole rings is 1. The van der Waals surface area contributed by atoms with Crippen LogP contribution in [0.15, 0.2) is 12.4 Å². The summed E-state index contributed by atoms with van der Waals surface area (Å²) in [4.78, 5) is 21.1. The summed E-state index contributed by atoms with van der Waals surface area (Å²) in [6.45, 7) is 5.43. The Hall–Kier alpha value is -1.37. The third kappa shape index (κ3) is 2.87. The van der Waals surface area contributed by atoms with Crippen LogP contribution in [0.2, 0.25) is 0 Å². The molecule has 2 rings (SSSR count). The molecule has 0 aromatic carbocycles. The Morgan fingerprint density at radius 2 is 2.20 bits per heavy atom. The van der Waals surface area contributed by atoms with Crippen molar-refractivity contribution in [3.63, 3.8) is 0 Å². The number of aromatic amines is 1. The van der Waals surface area contributed by atoms with E-state index in [-0.39, 0.29) is 11.9 Å². The standard InChI is InChI=1S/C13H21N3O3S/c1-13(2,3)20(18,19)9-11(17)16-8-4-5-10(16)12-14-6-7-15-12/h6-7,10H,4-5,8-9H2,1-3H3,(H,14,15). The Bertz CT molecular complexity index is 573. The number of hydrogen-bond donors (Lipinski definition) is 1. The highest BCUT2D eigenvalue weighted by Gasteiger charge is 2.37. The molecular formula is C13H21N3O3S. The summed E-state index contributed by atoms with van der Waals surface area (Å²) in [6, 6.07) is -0.132. The summed E-state index contributed by atoms with van der Waals surface area (Å²) in [5.74, 6) is -0.0453. The minimum atomic E-state index is -3.45. The number of carbonyl (C=O) groups is 1. The second-order valence-corrected chi connectivity index (χ2v) is 8.83. The van der Waals surface area contributed by atoms with E-state index in [2.05, 4.69) is 9.97 Å². The lowest BCUT2D eigenvalue weighted by Crippen LogP contribution is -2.40. The fraction of sp³-hybridized carbons (Fsp3) is 0.692. The molecule has 20 heavy (non-hydrogen) atoms. The van der Waals surface area contributed by atoms with Crippen molar-refractivity contribution in [1.29, 1.82) is 0 Å². The van der Waals surface area contributed by atoms with Crippen LogP contribution in [-0.2, 0) is 14.6 Å². The van der Waals surface area contributed by atoms with E-state index in [1.807, 2.05) is 0 Å². The molecule has 0 radical (unpaired) electrons. The SMILES string of the molecule is CC(C)(C)S(=O)(=O)CC(=O)N1CCCC1c1ncc[nH]1. The summed E-state index contributed by atoms with van der Waals surface area (Å²) in [5.41, 5.74) is 0. The number of amides is 1. The Morgan fingerprint density at radius 1 is 1.50 bits per heavy atom. The maximum Gasteiger partial charge on any atom is 0.238 e. The van der Waals surface area contributed by atoms with Gasteiger partial charge in [-0.3, -0.25) is 4.79 Å². The molecule has 0 saturated carbocycles. The van der Waals surface area contributed by atoms with E-state index >= 15 is 0 Å². The van der Waals surface area contributed by atoms with Crippen LogP contribution in [0.4, 0.5) is 0 Å². The van der Waals surface area contributed by atoms with Gasteiger partial charge in [0.25, 0.3) is 0 Å². The van der Waals surface area contributed by atoms with Crippen LogP contribution in [0.3, 0.4) is 0 Å². The first-order valence-corrected chi connectivity index (χ1v) is 8.38. The highest BCUT2D eigenvalue weighted by atomic mass is 32.2. The van der Waals surface area contributed by atoms with Gasteiger partial charge in [0.1, 0.15) is 11.6 Å². The first-order chi connectivity index (χ1) is 9.22. The Kier molecular flexibility index (Phi) is 3.90. The molecule has 1 aliphatic rings. The second kappa shape index (κ2) is 5.20. The zero-order valence-corrected chi connectivity index (χ0v) is 12.9. The predicted octanol–water partition coefficient (Wildman–Crippen LogP) is 1.29. The summed E-state index contributed by atoms with van der Waals surface area (Å²) >= 11 is 0. The van der Waals surface area contributed by atoms with Crippen molar-refractivity contribution in [2.24, 2.45) is 0 Å². The van der Waals surface area contributed by atoms with Crippen LogP contribution in [0.5, 0.6) is 0 Å². The molecule has 0 bridgehead atoms. The van der Waals surface area contributed by atoms with Gasteiger partial charge in [0.15, 0.2) is 9.84 Å². The molecule has 1 aromatic heterocycles. The fourth-order valence-electron chi connectivity index (χ4n) is 2.27. The number of nitrogens with zero attached hydrogens (tertiary/aromatic N) is 2. The zero-order valence-electron chi connectivity index (χ0n) is 12.1. The van der Waals surface area contributed by atoms with Gasteiger partial charge in [-0.2, -0.15) is 0 Å². The smallest absolute Gasteiger partial charge is 0.238 e. The average Bonchev–Trinajstić information content (AvgIpc) is 2.97. The van der Waals surface area contributed by atoms with Crippen LogP contribution in [0, 0.1) is 0 Å². The van der Waals surface area contributed by atoms with E-state index in [4.69, 9.17) is 0 Å². The van der Waals surface area contributed by atoms with Gasteiger partial charge in [-0.15, -0.1) is 0 Å². The third-order valence-electron chi connectivity index (χ3n) is 3.65. The zero-order chi connectivity index (χ0) is 15.0. The fourth-order valence-corrected chi connectivity index (χ4v) is 3.20. The average molecular weight is 299 g/mol. The number of aromatic nitrogens is 2. The Labute approximate surface area is 119 Å². The number of nitrogens with one attached hydrogen (secondary N) is 1. The monoisotopic (exact) mass is 299 g/mol. The number of rotatable bonds is 3. The number of sulfone groups is 1. The minimum Gasteiger partial charge on any atom is -0.347 e. The molecule has 2 heterocycles. The van der Waals surface area contributed by atoms with E-state index in [0.717, 1.165) is 18.7 Å². The van der Waals surface area contributed by atoms with Crippen LogP contribution < -0.4 is 0 Å². The molecule has 1 fully saturated rings. The minimum absolute atomic E-state index is 0.132. The number of hydrogen-bond acceptors (Lipinski definition) is 4. The van der Waals surface area contributed by atoms with Crippen LogP contribution >= 0.6 is 0 Å². The molecule has 112 valence electrons. The summed E-state index contributed by atoms with van der Waals surface area (Å²) < 4.78 is 23.4. The van der Waals surface area contributed by atoms with E-state index < -0.39 is 20.3 Å². The molecule has 1 saturated heterocycles. The van der Waals surface area contributed by atoms with Gasteiger partial charge in [-0.1, -0.05) is 0 Å². The van der Waals surface area contributed by atoms with Crippen molar-refractivity contribution >= 4 is 15.7 Å². The van der Waals surface area contributed by atoms with Gasteiger partial charge >= 0.3 is 0 Å². The molecular weight excluding hydrogens is 278 g/mol. The molecule has 7 heteroatoms. The van der Waals surface area contributed by atoms with Crippen LogP contribution in [-0.4, -0.2) is 46.2 Å². The molecule has 1 amide bonds. The summed E-state index contributed by atoms with van der Waals surface area (Å²) in [7, 11) is -3.45. The molecule has 0 aliphatic carbocycles. The molecule has 1 aliphatic heterocycles. The maximum atomic E-state index is 12.3. The van der Waals surface area contributed by atoms with Gasteiger partial charge in [-0.05, 0) is 33.6 Å². The molecule has 1 N–H and O–H groups in total. The first-order valence-electron chi connectivity index (χ1n) is 6.73. The summed E-state index contributed by atoms with van der Waals surface area (Å²) in [6.07, 6.45) is 5.03. The topological polar surface area (TPSA) is 83.1 Å². The van der Waals surface area contributed by atoms with Gasteiger partial charge in [0, 0.05) is 18.9 Å². The maximum absolute atomic E-state index is 12.3. The highest BCUT2D eigenvalue weighted by Crippen LogP contribution is 2.30. The molecule has 1 atom stereocenters. The largest absolute Gasteiger partial charge is 0.347 e. The van der Waals surface area contributed by atoms with Crippen LogP contribution in [0.1, 0.15) is 45.5 Å². The molecule has 0 spiro atoms. The lowest BCUT2D eigenvalue weighted by Gasteiger charge is -2.25. The van der Waals surface area contributed by atoms with Gasteiger partial charge in [0.05, 0.1) is 10.8 Å². The van der Waals surface area contributed by atoms with Gasteiger partial charge in [0.2, 0.25) is 5.91 Å². The highest BCUT2D eigenvalue weighted by molar-refractivity contribution is 7.93. The van der Waals surface area contributed by atoms with Crippen molar-refractivity contribution in [3.8, 4) is 0 Å². The predicted molar refractivity (Wildman–Crippen MR) is 75.8 cm³/mol. The Balaban J connectivity index is 2.14. The van der Waals surface area contributed by atoms with Crippen molar-refractivity contribution < 1.29 is 13.2 Å². The number of likely N-dealkylation sites (tertiary alicyclic amines) is 1. The normalized spacial score (nSPS) is 20.4.